The predicted octanol–water partition coefficient (Wildman–Crippen LogP) is 2.91. The van der Waals surface area contributed by atoms with Crippen molar-refractivity contribution >= 4 is 0 Å². The van der Waals surface area contributed by atoms with Crippen LogP contribution in [0.2, 0.25) is 0 Å². The number of halogens is 1. The topological polar surface area (TPSA) is 30.5 Å². The van der Waals surface area contributed by atoms with Crippen LogP contribution in [0, 0.1) is 5.82 Å². The number of hydrogen-bond acceptors (Lipinski definition) is 3. The molecule has 0 spiro atoms. The third-order valence-corrected chi connectivity index (χ3v) is 2.65. The van der Waals surface area contributed by atoms with Crippen LogP contribution >= 0.6 is 0 Å². The lowest BCUT2D eigenvalue weighted by molar-refractivity contribution is 0.109. The van der Waals surface area contributed by atoms with Crippen LogP contribution in [-0.2, 0) is 4.74 Å². The summed E-state index contributed by atoms with van der Waals surface area (Å²) in [6.07, 6.45) is 0. The molecule has 0 aliphatic rings. The van der Waals surface area contributed by atoms with E-state index in [2.05, 4.69) is 5.32 Å². The molecule has 1 rings (SSSR count). The van der Waals surface area contributed by atoms with Crippen molar-refractivity contribution in [3.8, 4) is 5.75 Å². The minimum Gasteiger partial charge on any atom is -0.491 e. The highest BCUT2D eigenvalue weighted by atomic mass is 19.1. The van der Waals surface area contributed by atoms with Crippen molar-refractivity contribution in [3.05, 3.63) is 29.6 Å². The van der Waals surface area contributed by atoms with Gasteiger partial charge in [0.05, 0.1) is 6.61 Å². The second kappa shape index (κ2) is 8.06. The molecule has 0 fully saturated rings. The van der Waals surface area contributed by atoms with E-state index < -0.39 is 0 Å². The summed E-state index contributed by atoms with van der Waals surface area (Å²) >= 11 is 0. The summed E-state index contributed by atoms with van der Waals surface area (Å²) in [5, 5.41) is 3.19. The van der Waals surface area contributed by atoms with Gasteiger partial charge in [0.1, 0.15) is 18.2 Å². The number of hydrogen-bond donors (Lipinski definition) is 1. The quantitative estimate of drug-likeness (QED) is 0.724. The first-order valence-corrected chi connectivity index (χ1v) is 6.43. The summed E-state index contributed by atoms with van der Waals surface area (Å²) < 4.78 is 24.6. The van der Waals surface area contributed by atoms with Gasteiger partial charge in [0, 0.05) is 18.2 Å². The average molecular weight is 255 g/mol. The van der Waals surface area contributed by atoms with E-state index in [1.54, 1.807) is 12.1 Å². The van der Waals surface area contributed by atoms with E-state index in [1.807, 2.05) is 20.8 Å². The molecule has 1 atom stereocenters. The smallest absolute Gasteiger partial charge is 0.131 e. The molecule has 3 nitrogen and oxygen atoms in total. The molecule has 0 heterocycles. The van der Waals surface area contributed by atoms with E-state index in [0.717, 1.165) is 6.54 Å². The predicted molar refractivity (Wildman–Crippen MR) is 70.5 cm³/mol. The zero-order valence-corrected chi connectivity index (χ0v) is 11.3. The standard InChI is InChI=1S/C14H22FNO2/c1-4-16-11(3)14-12(15)7-6-8-13(14)18-10-9-17-5-2/h6-8,11,16H,4-5,9-10H2,1-3H3. The Morgan fingerprint density at radius 1 is 1.28 bits per heavy atom. The molecule has 1 aromatic rings. The molecular formula is C14H22FNO2. The number of rotatable bonds is 8. The number of benzene rings is 1. The second-order valence-corrected chi connectivity index (χ2v) is 3.98. The van der Waals surface area contributed by atoms with Crippen molar-refractivity contribution in [2.24, 2.45) is 0 Å². The van der Waals surface area contributed by atoms with Gasteiger partial charge >= 0.3 is 0 Å². The van der Waals surface area contributed by atoms with Crippen molar-refractivity contribution in [2.45, 2.75) is 26.8 Å². The number of ether oxygens (including phenoxy) is 2. The zero-order chi connectivity index (χ0) is 13.4. The minimum atomic E-state index is -0.239. The monoisotopic (exact) mass is 255 g/mol. The van der Waals surface area contributed by atoms with E-state index in [-0.39, 0.29) is 11.9 Å². The van der Waals surface area contributed by atoms with Gasteiger partial charge in [-0.25, -0.2) is 4.39 Å². The Morgan fingerprint density at radius 2 is 2.06 bits per heavy atom. The van der Waals surface area contributed by atoms with Crippen molar-refractivity contribution in [2.75, 3.05) is 26.4 Å². The third kappa shape index (κ3) is 4.27. The molecule has 4 heteroatoms. The van der Waals surface area contributed by atoms with E-state index in [4.69, 9.17) is 9.47 Å². The molecule has 0 aromatic heterocycles. The first-order chi connectivity index (χ1) is 8.70. The van der Waals surface area contributed by atoms with E-state index in [0.29, 0.717) is 31.1 Å². The molecule has 0 aliphatic carbocycles. The number of nitrogens with one attached hydrogen (secondary N) is 1. The van der Waals surface area contributed by atoms with Crippen LogP contribution in [0.15, 0.2) is 18.2 Å². The van der Waals surface area contributed by atoms with Gasteiger partial charge in [0.15, 0.2) is 0 Å². The fourth-order valence-electron chi connectivity index (χ4n) is 1.83. The molecule has 18 heavy (non-hydrogen) atoms. The van der Waals surface area contributed by atoms with Gasteiger partial charge in [0.2, 0.25) is 0 Å². The van der Waals surface area contributed by atoms with Crippen LogP contribution in [0.1, 0.15) is 32.4 Å². The summed E-state index contributed by atoms with van der Waals surface area (Å²) in [5.41, 5.74) is 0.579. The van der Waals surface area contributed by atoms with E-state index in [1.165, 1.54) is 6.07 Å². The fourth-order valence-corrected chi connectivity index (χ4v) is 1.83. The van der Waals surface area contributed by atoms with Crippen molar-refractivity contribution in [1.82, 2.24) is 5.32 Å². The SMILES string of the molecule is CCNC(C)c1c(F)cccc1OCCOCC. The molecule has 0 radical (unpaired) electrons. The summed E-state index contributed by atoms with van der Waals surface area (Å²) in [5.74, 6) is 0.348. The van der Waals surface area contributed by atoms with Gasteiger partial charge in [-0.1, -0.05) is 13.0 Å². The summed E-state index contributed by atoms with van der Waals surface area (Å²) in [6.45, 7) is 8.25. The van der Waals surface area contributed by atoms with E-state index in [9.17, 15) is 4.39 Å². The maximum Gasteiger partial charge on any atom is 0.131 e. The maximum atomic E-state index is 13.8. The first kappa shape index (κ1) is 14.9. The fraction of sp³-hybridized carbons (Fsp3) is 0.571. The lowest BCUT2D eigenvalue weighted by atomic mass is 10.1. The van der Waals surface area contributed by atoms with Crippen LogP contribution in [0.3, 0.4) is 0 Å². The normalized spacial score (nSPS) is 12.4. The Bertz CT molecular complexity index is 358. The summed E-state index contributed by atoms with van der Waals surface area (Å²) in [4.78, 5) is 0. The highest BCUT2D eigenvalue weighted by Crippen LogP contribution is 2.27. The van der Waals surface area contributed by atoms with E-state index >= 15 is 0 Å². The van der Waals surface area contributed by atoms with Gasteiger partial charge in [-0.3, -0.25) is 0 Å². The molecule has 0 aliphatic heterocycles. The third-order valence-electron chi connectivity index (χ3n) is 2.65. The molecule has 1 N–H and O–H groups in total. The lowest BCUT2D eigenvalue weighted by Gasteiger charge is -2.18. The molecule has 0 bridgehead atoms. The zero-order valence-electron chi connectivity index (χ0n) is 11.3. The van der Waals surface area contributed by atoms with Gasteiger partial charge < -0.3 is 14.8 Å². The first-order valence-electron chi connectivity index (χ1n) is 6.43. The molecule has 0 saturated carbocycles. The second-order valence-electron chi connectivity index (χ2n) is 3.98. The van der Waals surface area contributed by atoms with Gasteiger partial charge in [-0.2, -0.15) is 0 Å². The largest absolute Gasteiger partial charge is 0.491 e. The summed E-state index contributed by atoms with van der Waals surface area (Å²) in [6, 6.07) is 4.84. The Balaban J connectivity index is 2.73. The van der Waals surface area contributed by atoms with Crippen molar-refractivity contribution in [3.63, 3.8) is 0 Å². The van der Waals surface area contributed by atoms with Crippen LogP contribution in [0.4, 0.5) is 4.39 Å². The summed E-state index contributed by atoms with van der Waals surface area (Å²) in [7, 11) is 0. The Labute approximate surface area is 108 Å². The Morgan fingerprint density at radius 3 is 2.72 bits per heavy atom. The van der Waals surface area contributed by atoms with Crippen LogP contribution in [0.5, 0.6) is 5.75 Å². The average Bonchev–Trinajstić information content (AvgIpc) is 2.35. The van der Waals surface area contributed by atoms with Gasteiger partial charge in [0.25, 0.3) is 0 Å². The lowest BCUT2D eigenvalue weighted by Crippen LogP contribution is -2.20. The van der Waals surface area contributed by atoms with Gasteiger partial charge in [-0.15, -0.1) is 0 Å². The highest BCUT2D eigenvalue weighted by molar-refractivity contribution is 5.37. The Hall–Kier alpha value is -1.13. The molecule has 1 aromatic carbocycles. The van der Waals surface area contributed by atoms with Crippen LogP contribution < -0.4 is 10.1 Å². The molecule has 102 valence electrons. The van der Waals surface area contributed by atoms with Crippen LogP contribution in [-0.4, -0.2) is 26.4 Å². The van der Waals surface area contributed by atoms with Crippen molar-refractivity contribution in [1.29, 1.82) is 0 Å². The molecular weight excluding hydrogens is 233 g/mol. The Kier molecular flexibility index (Phi) is 6.68. The molecule has 1 unspecified atom stereocenters. The van der Waals surface area contributed by atoms with Crippen molar-refractivity contribution < 1.29 is 13.9 Å². The highest BCUT2D eigenvalue weighted by Gasteiger charge is 2.15. The van der Waals surface area contributed by atoms with Crippen LogP contribution in [0.25, 0.3) is 0 Å². The minimum absolute atomic E-state index is 0.0710. The van der Waals surface area contributed by atoms with Gasteiger partial charge in [-0.05, 0) is 32.5 Å². The maximum absolute atomic E-state index is 13.8. The molecule has 0 amide bonds. The molecule has 0 saturated heterocycles.